The van der Waals surface area contributed by atoms with Crippen LogP contribution < -0.4 is 0 Å². The second-order valence-electron chi connectivity index (χ2n) is 3.86. The first kappa shape index (κ1) is 12.9. The minimum Gasteiger partial charge on any atom is -0.478 e. The number of aromatic carboxylic acids is 1. The molecule has 0 amide bonds. The van der Waals surface area contributed by atoms with E-state index in [1.54, 1.807) is 12.1 Å². The van der Waals surface area contributed by atoms with Gasteiger partial charge < -0.3 is 5.11 Å². The number of benzene rings is 1. The molecule has 0 saturated heterocycles. The fraction of sp³-hybridized carbons (Fsp3) is 0.417. The van der Waals surface area contributed by atoms with Gasteiger partial charge in [-0.2, -0.15) is 0 Å². The third kappa shape index (κ3) is 3.45. The first-order valence-electron chi connectivity index (χ1n) is 5.26. The van der Waals surface area contributed by atoms with Crippen LogP contribution in [0, 0.1) is 5.92 Å². The van der Waals surface area contributed by atoms with Crippen molar-refractivity contribution in [2.75, 3.05) is 5.75 Å². The summed E-state index contributed by atoms with van der Waals surface area (Å²) < 4.78 is 11.9. The number of hydrogen-bond donors (Lipinski definition) is 1. The van der Waals surface area contributed by atoms with Gasteiger partial charge in [0.05, 0.1) is 16.4 Å². The van der Waals surface area contributed by atoms with Crippen molar-refractivity contribution in [3.05, 3.63) is 29.8 Å². The summed E-state index contributed by atoms with van der Waals surface area (Å²) in [5.41, 5.74) is 0.226. The van der Waals surface area contributed by atoms with Gasteiger partial charge in [-0.25, -0.2) is 4.79 Å². The van der Waals surface area contributed by atoms with Crippen molar-refractivity contribution < 1.29 is 14.1 Å². The van der Waals surface area contributed by atoms with Crippen molar-refractivity contribution in [1.29, 1.82) is 0 Å². The predicted molar refractivity (Wildman–Crippen MR) is 64.1 cm³/mol. The molecular formula is C12H16O3S. The lowest BCUT2D eigenvalue weighted by Gasteiger charge is -2.08. The topological polar surface area (TPSA) is 54.4 Å². The SMILES string of the molecule is CCC(C)CS(=O)c1ccc(C(=O)O)cc1. The largest absolute Gasteiger partial charge is 0.478 e. The molecule has 1 N–H and O–H groups in total. The van der Waals surface area contributed by atoms with Gasteiger partial charge in [-0.3, -0.25) is 4.21 Å². The smallest absolute Gasteiger partial charge is 0.335 e. The zero-order valence-electron chi connectivity index (χ0n) is 9.47. The Morgan fingerprint density at radius 1 is 1.38 bits per heavy atom. The van der Waals surface area contributed by atoms with Crippen LogP contribution in [0.5, 0.6) is 0 Å². The summed E-state index contributed by atoms with van der Waals surface area (Å²) in [5, 5.41) is 8.72. The fourth-order valence-electron chi connectivity index (χ4n) is 1.22. The van der Waals surface area contributed by atoms with Gasteiger partial charge in [-0.05, 0) is 30.2 Å². The number of carboxylic acid groups (broad SMARTS) is 1. The lowest BCUT2D eigenvalue weighted by atomic mass is 10.2. The molecule has 2 unspecified atom stereocenters. The highest BCUT2D eigenvalue weighted by Gasteiger charge is 2.09. The van der Waals surface area contributed by atoms with E-state index in [0.29, 0.717) is 16.6 Å². The van der Waals surface area contributed by atoms with E-state index in [2.05, 4.69) is 13.8 Å². The quantitative estimate of drug-likeness (QED) is 0.860. The summed E-state index contributed by atoms with van der Waals surface area (Å²) in [6.45, 7) is 4.12. The number of carboxylic acids is 1. The molecule has 2 atom stereocenters. The monoisotopic (exact) mass is 240 g/mol. The Kier molecular flexibility index (Phi) is 4.68. The molecule has 3 nitrogen and oxygen atoms in total. The molecule has 1 aromatic carbocycles. The molecule has 16 heavy (non-hydrogen) atoms. The van der Waals surface area contributed by atoms with Gasteiger partial charge in [0.2, 0.25) is 0 Å². The minimum atomic E-state index is -1.03. The second-order valence-corrected chi connectivity index (χ2v) is 5.35. The Balaban J connectivity index is 2.74. The molecule has 0 heterocycles. The molecule has 88 valence electrons. The van der Waals surface area contributed by atoms with E-state index in [1.807, 2.05) is 0 Å². The van der Waals surface area contributed by atoms with Crippen molar-refractivity contribution >= 4 is 16.8 Å². The number of rotatable bonds is 5. The lowest BCUT2D eigenvalue weighted by Crippen LogP contribution is -2.07. The summed E-state index contributed by atoms with van der Waals surface area (Å²) >= 11 is 0. The molecule has 0 bridgehead atoms. The first-order valence-corrected chi connectivity index (χ1v) is 6.58. The molecule has 0 aliphatic rings. The van der Waals surface area contributed by atoms with Gasteiger partial charge >= 0.3 is 5.97 Å². The number of carbonyl (C=O) groups is 1. The summed E-state index contributed by atoms with van der Waals surface area (Å²) in [5.74, 6) is 0.0855. The molecule has 0 spiro atoms. The maximum Gasteiger partial charge on any atom is 0.335 e. The first-order chi connectivity index (χ1) is 7.54. The van der Waals surface area contributed by atoms with Crippen LogP contribution >= 0.6 is 0 Å². The van der Waals surface area contributed by atoms with Crippen molar-refractivity contribution in [3.8, 4) is 0 Å². The van der Waals surface area contributed by atoms with E-state index in [9.17, 15) is 9.00 Å². The van der Waals surface area contributed by atoms with Crippen LogP contribution in [0.25, 0.3) is 0 Å². The van der Waals surface area contributed by atoms with Crippen LogP contribution in [-0.4, -0.2) is 21.0 Å². The van der Waals surface area contributed by atoms with Gasteiger partial charge in [0.25, 0.3) is 0 Å². The lowest BCUT2D eigenvalue weighted by molar-refractivity contribution is 0.0697. The predicted octanol–water partition coefficient (Wildman–Crippen LogP) is 2.54. The average molecular weight is 240 g/mol. The molecule has 1 aromatic rings. The third-order valence-electron chi connectivity index (χ3n) is 2.50. The Morgan fingerprint density at radius 2 is 1.94 bits per heavy atom. The van der Waals surface area contributed by atoms with E-state index in [4.69, 9.17) is 5.11 Å². The zero-order chi connectivity index (χ0) is 12.1. The normalized spacial score (nSPS) is 14.4. The van der Waals surface area contributed by atoms with Crippen LogP contribution in [0.2, 0.25) is 0 Å². The Labute approximate surface area is 98.0 Å². The van der Waals surface area contributed by atoms with Gasteiger partial charge in [-0.1, -0.05) is 20.3 Å². The van der Waals surface area contributed by atoms with E-state index in [0.717, 1.165) is 6.42 Å². The van der Waals surface area contributed by atoms with E-state index < -0.39 is 16.8 Å². The second kappa shape index (κ2) is 5.80. The zero-order valence-corrected chi connectivity index (χ0v) is 10.3. The molecule has 4 heteroatoms. The number of hydrogen-bond acceptors (Lipinski definition) is 2. The maximum atomic E-state index is 11.9. The molecule has 0 saturated carbocycles. The maximum absolute atomic E-state index is 11.9. The van der Waals surface area contributed by atoms with Crippen molar-refractivity contribution in [2.45, 2.75) is 25.2 Å². The summed E-state index contributed by atoms with van der Waals surface area (Å²) in [6, 6.07) is 6.24. The van der Waals surface area contributed by atoms with Crippen molar-refractivity contribution in [1.82, 2.24) is 0 Å². The Morgan fingerprint density at radius 3 is 2.38 bits per heavy atom. The van der Waals surface area contributed by atoms with E-state index in [1.165, 1.54) is 12.1 Å². The van der Waals surface area contributed by atoms with Crippen LogP contribution in [0.15, 0.2) is 29.2 Å². The van der Waals surface area contributed by atoms with Crippen molar-refractivity contribution in [2.24, 2.45) is 5.92 Å². The third-order valence-corrected chi connectivity index (χ3v) is 4.17. The highest BCUT2D eigenvalue weighted by atomic mass is 32.2. The average Bonchev–Trinajstić information content (AvgIpc) is 2.28. The highest BCUT2D eigenvalue weighted by Crippen LogP contribution is 2.13. The minimum absolute atomic E-state index is 0.226. The molecule has 0 aromatic heterocycles. The van der Waals surface area contributed by atoms with Crippen LogP contribution in [0.3, 0.4) is 0 Å². The molecule has 0 aliphatic heterocycles. The van der Waals surface area contributed by atoms with Crippen LogP contribution in [0.1, 0.15) is 30.6 Å². The summed E-state index contributed by atoms with van der Waals surface area (Å²) in [7, 11) is -1.03. The van der Waals surface area contributed by atoms with E-state index >= 15 is 0 Å². The highest BCUT2D eigenvalue weighted by molar-refractivity contribution is 7.85. The Hall–Kier alpha value is -1.16. The van der Waals surface area contributed by atoms with Crippen LogP contribution in [-0.2, 0) is 10.8 Å². The summed E-state index contributed by atoms with van der Waals surface area (Å²) in [4.78, 5) is 11.3. The molecule has 0 radical (unpaired) electrons. The van der Waals surface area contributed by atoms with Gasteiger partial charge in [0, 0.05) is 10.6 Å². The van der Waals surface area contributed by atoms with Gasteiger partial charge in [0.1, 0.15) is 0 Å². The molecule has 0 aliphatic carbocycles. The standard InChI is InChI=1S/C12H16O3S/c1-3-9(2)8-16(15)11-6-4-10(5-7-11)12(13)14/h4-7,9H,3,8H2,1-2H3,(H,13,14). The fourth-order valence-corrected chi connectivity index (χ4v) is 2.61. The van der Waals surface area contributed by atoms with Gasteiger partial charge in [0.15, 0.2) is 0 Å². The molecule has 0 fully saturated rings. The summed E-state index contributed by atoms with van der Waals surface area (Å²) in [6.07, 6.45) is 0.999. The van der Waals surface area contributed by atoms with Crippen LogP contribution in [0.4, 0.5) is 0 Å². The van der Waals surface area contributed by atoms with Crippen molar-refractivity contribution in [3.63, 3.8) is 0 Å². The van der Waals surface area contributed by atoms with Gasteiger partial charge in [-0.15, -0.1) is 0 Å². The molecule has 1 rings (SSSR count). The molecular weight excluding hydrogens is 224 g/mol. The Bertz CT molecular complexity index is 384. The van der Waals surface area contributed by atoms with E-state index in [-0.39, 0.29) is 5.56 Å².